The van der Waals surface area contributed by atoms with Gasteiger partial charge in [0.15, 0.2) is 0 Å². The van der Waals surface area contributed by atoms with Gasteiger partial charge in [-0.2, -0.15) is 0 Å². The van der Waals surface area contributed by atoms with Crippen LogP contribution in [-0.4, -0.2) is 22.0 Å². The van der Waals surface area contributed by atoms with E-state index in [2.05, 4.69) is 45.1 Å². The third-order valence-electron chi connectivity index (χ3n) is 4.26. The van der Waals surface area contributed by atoms with E-state index in [1.54, 1.807) is 0 Å². The number of hydrogen-bond donors (Lipinski definition) is 2. The molecule has 3 nitrogen and oxygen atoms in total. The summed E-state index contributed by atoms with van der Waals surface area (Å²) in [5.74, 6) is 0.298. The van der Waals surface area contributed by atoms with Crippen molar-refractivity contribution >= 4 is 5.71 Å². The molecule has 1 fully saturated rings. The molecule has 0 aromatic carbocycles. The van der Waals surface area contributed by atoms with Gasteiger partial charge in [-0.1, -0.05) is 25.9 Å². The Bertz CT molecular complexity index is 264. The van der Waals surface area contributed by atoms with Crippen molar-refractivity contribution in [2.24, 2.45) is 11.1 Å². The van der Waals surface area contributed by atoms with Gasteiger partial charge in [-0.15, -0.1) is 0 Å². The van der Waals surface area contributed by atoms with E-state index < -0.39 is 0 Å². The van der Waals surface area contributed by atoms with Gasteiger partial charge in [-0.05, 0) is 26.7 Å². The van der Waals surface area contributed by atoms with Crippen LogP contribution in [-0.2, 0) is 0 Å². The highest BCUT2D eigenvalue weighted by Crippen LogP contribution is 2.35. The third-order valence-corrected chi connectivity index (χ3v) is 4.26. The largest absolute Gasteiger partial charge is 0.411 e. The van der Waals surface area contributed by atoms with Crippen LogP contribution in [0.15, 0.2) is 5.16 Å². The Labute approximate surface area is 92.9 Å². The van der Waals surface area contributed by atoms with Crippen LogP contribution < -0.4 is 5.32 Å². The van der Waals surface area contributed by atoms with Crippen LogP contribution in [0.2, 0.25) is 0 Å². The quantitative estimate of drug-likeness (QED) is 0.546. The molecule has 1 aliphatic heterocycles. The maximum Gasteiger partial charge on any atom is 0.0635 e. The molecular formula is C12H24N2O. The van der Waals surface area contributed by atoms with Crippen molar-refractivity contribution in [3.8, 4) is 0 Å². The smallest absolute Gasteiger partial charge is 0.0635 e. The molecule has 1 rings (SSSR count). The van der Waals surface area contributed by atoms with Gasteiger partial charge in [-0.3, -0.25) is 0 Å². The highest BCUT2D eigenvalue weighted by molar-refractivity contribution is 5.89. The fourth-order valence-corrected chi connectivity index (χ4v) is 2.49. The standard InChI is InChI=1S/C12H24N2O/c1-6-11(4)8-10(13-15)9(3)12(5,7-2)14-11/h9,14-15H,6-8H2,1-5H3. The maximum atomic E-state index is 9.08. The Balaban J connectivity index is 3.02. The molecule has 1 saturated heterocycles. The SMILES string of the molecule is CCC1(C)CC(=NO)C(C)C(C)(CC)N1. The highest BCUT2D eigenvalue weighted by Gasteiger charge is 2.44. The zero-order valence-electron chi connectivity index (χ0n) is 10.6. The van der Waals surface area contributed by atoms with Crippen LogP contribution in [0.4, 0.5) is 0 Å². The van der Waals surface area contributed by atoms with Crippen LogP contribution in [0.1, 0.15) is 53.9 Å². The van der Waals surface area contributed by atoms with Gasteiger partial charge < -0.3 is 10.5 Å². The number of rotatable bonds is 2. The lowest BCUT2D eigenvalue weighted by atomic mass is 9.70. The fraction of sp³-hybridized carbons (Fsp3) is 0.917. The molecule has 0 radical (unpaired) electrons. The first kappa shape index (κ1) is 12.5. The van der Waals surface area contributed by atoms with Gasteiger partial charge >= 0.3 is 0 Å². The van der Waals surface area contributed by atoms with Gasteiger partial charge in [0, 0.05) is 23.4 Å². The average molecular weight is 212 g/mol. The summed E-state index contributed by atoms with van der Waals surface area (Å²) in [5.41, 5.74) is 1.05. The molecule has 2 N–H and O–H groups in total. The third kappa shape index (κ3) is 2.17. The van der Waals surface area contributed by atoms with Crippen molar-refractivity contribution in [1.29, 1.82) is 0 Å². The lowest BCUT2D eigenvalue weighted by Crippen LogP contribution is -2.64. The molecule has 1 aliphatic rings. The number of piperidine rings is 1. The molecular weight excluding hydrogens is 188 g/mol. The second-order valence-corrected chi connectivity index (χ2v) is 5.30. The van der Waals surface area contributed by atoms with Crippen molar-refractivity contribution < 1.29 is 5.21 Å². The Morgan fingerprint density at radius 1 is 1.40 bits per heavy atom. The Morgan fingerprint density at radius 3 is 2.40 bits per heavy atom. The normalized spacial score (nSPS) is 44.6. The molecule has 88 valence electrons. The predicted molar refractivity (Wildman–Crippen MR) is 63.5 cm³/mol. The molecule has 0 amide bonds. The second-order valence-electron chi connectivity index (χ2n) is 5.30. The van der Waals surface area contributed by atoms with Gasteiger partial charge in [0.2, 0.25) is 0 Å². The molecule has 0 aromatic heterocycles. The van der Waals surface area contributed by atoms with Crippen molar-refractivity contribution in [2.75, 3.05) is 0 Å². The summed E-state index contributed by atoms with van der Waals surface area (Å²) in [6.45, 7) is 10.9. The van der Waals surface area contributed by atoms with Crippen LogP contribution in [0.25, 0.3) is 0 Å². The van der Waals surface area contributed by atoms with Crippen LogP contribution in [0, 0.1) is 5.92 Å². The zero-order chi connectivity index (χ0) is 11.7. The average Bonchev–Trinajstić information content (AvgIpc) is 2.23. The monoisotopic (exact) mass is 212 g/mol. The van der Waals surface area contributed by atoms with Gasteiger partial charge in [-0.25, -0.2) is 0 Å². The fourth-order valence-electron chi connectivity index (χ4n) is 2.49. The van der Waals surface area contributed by atoms with Crippen LogP contribution in [0.3, 0.4) is 0 Å². The zero-order valence-corrected chi connectivity index (χ0v) is 10.6. The van der Waals surface area contributed by atoms with Gasteiger partial charge in [0.25, 0.3) is 0 Å². The summed E-state index contributed by atoms with van der Waals surface area (Å²) >= 11 is 0. The van der Waals surface area contributed by atoms with Crippen molar-refractivity contribution in [3.63, 3.8) is 0 Å². The van der Waals surface area contributed by atoms with Crippen molar-refractivity contribution in [3.05, 3.63) is 0 Å². The lowest BCUT2D eigenvalue weighted by Gasteiger charge is -2.49. The van der Waals surface area contributed by atoms with E-state index in [1.165, 1.54) is 0 Å². The van der Waals surface area contributed by atoms with Crippen LogP contribution in [0.5, 0.6) is 0 Å². The van der Waals surface area contributed by atoms with Gasteiger partial charge in [0.1, 0.15) is 0 Å². The number of oxime groups is 1. The molecule has 3 heteroatoms. The molecule has 0 saturated carbocycles. The highest BCUT2D eigenvalue weighted by atomic mass is 16.4. The van der Waals surface area contributed by atoms with Crippen LogP contribution >= 0.6 is 0 Å². The predicted octanol–water partition coefficient (Wildman–Crippen LogP) is 2.78. The summed E-state index contributed by atoms with van der Waals surface area (Å²) < 4.78 is 0. The van der Waals surface area contributed by atoms with E-state index in [0.717, 1.165) is 25.0 Å². The van der Waals surface area contributed by atoms with E-state index in [0.29, 0.717) is 5.92 Å². The van der Waals surface area contributed by atoms with E-state index in [-0.39, 0.29) is 11.1 Å². The van der Waals surface area contributed by atoms with E-state index in [4.69, 9.17) is 5.21 Å². The number of nitrogens with zero attached hydrogens (tertiary/aromatic N) is 1. The summed E-state index contributed by atoms with van der Waals surface area (Å²) in [4.78, 5) is 0. The van der Waals surface area contributed by atoms with E-state index in [9.17, 15) is 0 Å². The summed E-state index contributed by atoms with van der Waals surface area (Å²) in [6, 6.07) is 0. The summed E-state index contributed by atoms with van der Waals surface area (Å²) in [6.07, 6.45) is 2.94. The lowest BCUT2D eigenvalue weighted by molar-refractivity contribution is 0.159. The molecule has 0 bridgehead atoms. The topological polar surface area (TPSA) is 44.6 Å². The summed E-state index contributed by atoms with van der Waals surface area (Å²) in [7, 11) is 0. The second kappa shape index (κ2) is 4.12. The minimum absolute atomic E-state index is 0.0462. The molecule has 0 aliphatic carbocycles. The minimum Gasteiger partial charge on any atom is -0.411 e. The van der Waals surface area contributed by atoms with Crippen molar-refractivity contribution in [1.82, 2.24) is 5.32 Å². The Hall–Kier alpha value is -0.570. The first-order chi connectivity index (χ1) is 6.90. The molecule has 1 heterocycles. The number of hydrogen-bond acceptors (Lipinski definition) is 3. The Kier molecular flexibility index (Phi) is 3.44. The van der Waals surface area contributed by atoms with E-state index in [1.807, 2.05) is 0 Å². The molecule has 3 unspecified atom stereocenters. The maximum absolute atomic E-state index is 9.08. The Morgan fingerprint density at radius 2 is 2.00 bits per heavy atom. The first-order valence-electron chi connectivity index (χ1n) is 5.91. The molecule has 3 atom stereocenters. The van der Waals surface area contributed by atoms with Crippen molar-refractivity contribution in [2.45, 2.75) is 65.0 Å². The van der Waals surface area contributed by atoms with Gasteiger partial charge in [0.05, 0.1) is 5.71 Å². The molecule has 0 spiro atoms. The molecule has 0 aromatic rings. The van der Waals surface area contributed by atoms with E-state index >= 15 is 0 Å². The summed E-state index contributed by atoms with van der Waals surface area (Å²) in [5, 5.41) is 16.3. The minimum atomic E-state index is 0.0462. The number of nitrogens with one attached hydrogen (secondary N) is 1. The molecule has 15 heavy (non-hydrogen) atoms. The first-order valence-corrected chi connectivity index (χ1v) is 5.91.